The van der Waals surface area contributed by atoms with Crippen molar-refractivity contribution in [1.29, 1.82) is 0 Å². The lowest BCUT2D eigenvalue weighted by Gasteiger charge is -2.08. The summed E-state index contributed by atoms with van der Waals surface area (Å²) in [5, 5.41) is 22.1. The highest BCUT2D eigenvalue weighted by molar-refractivity contribution is 5.91. The molecule has 0 aliphatic heterocycles. The summed E-state index contributed by atoms with van der Waals surface area (Å²) in [4.78, 5) is 11.9. The second-order valence-corrected chi connectivity index (χ2v) is 4.36. The molecule has 0 spiro atoms. The van der Waals surface area contributed by atoms with Crippen LogP contribution >= 0.6 is 0 Å². The van der Waals surface area contributed by atoms with Gasteiger partial charge in [-0.25, -0.2) is 4.68 Å². The minimum absolute atomic E-state index is 0.0361. The second kappa shape index (κ2) is 7.17. The Kier molecular flexibility index (Phi) is 5.01. The molecule has 0 saturated heterocycles. The van der Waals surface area contributed by atoms with Crippen LogP contribution in [-0.4, -0.2) is 37.8 Å². The van der Waals surface area contributed by atoms with Gasteiger partial charge in [-0.15, -0.1) is 5.10 Å². The molecule has 21 heavy (non-hydrogen) atoms. The summed E-state index contributed by atoms with van der Waals surface area (Å²) < 4.78 is 1.34. The van der Waals surface area contributed by atoms with Gasteiger partial charge in [0.05, 0.1) is 6.61 Å². The largest absolute Gasteiger partial charge is 0.395 e. The topological polar surface area (TPSA) is 92.9 Å². The molecule has 0 aliphatic rings. The molecule has 7 nitrogen and oxygen atoms in total. The molecular formula is C14H15N5O2. The fourth-order valence-corrected chi connectivity index (χ4v) is 1.64. The van der Waals surface area contributed by atoms with Gasteiger partial charge in [-0.3, -0.25) is 4.79 Å². The molecule has 0 aliphatic carbocycles. The molecule has 2 aromatic rings. The van der Waals surface area contributed by atoms with Crippen LogP contribution in [0.3, 0.4) is 0 Å². The Labute approximate surface area is 122 Å². The molecule has 1 aromatic carbocycles. The monoisotopic (exact) mass is 285 g/mol. The third kappa shape index (κ3) is 4.40. The van der Waals surface area contributed by atoms with Crippen molar-refractivity contribution in [2.45, 2.75) is 19.9 Å². The van der Waals surface area contributed by atoms with Gasteiger partial charge in [-0.1, -0.05) is 17.9 Å². The number of hydrogen-bond donors (Lipinski definition) is 2. The number of aliphatic hydroxyl groups is 1. The first kappa shape index (κ1) is 14.7. The number of benzene rings is 1. The van der Waals surface area contributed by atoms with Gasteiger partial charge in [0, 0.05) is 17.7 Å². The number of aliphatic hydroxyl groups excluding tert-OH is 1. The van der Waals surface area contributed by atoms with Gasteiger partial charge in [0.25, 0.3) is 0 Å². The van der Waals surface area contributed by atoms with Crippen LogP contribution in [-0.2, 0) is 11.3 Å². The summed E-state index contributed by atoms with van der Waals surface area (Å²) in [6.07, 6.45) is 1.80. The molecule has 0 atom stereocenters. The number of aromatic nitrogens is 4. The molecule has 0 radical (unpaired) electrons. The molecular weight excluding hydrogens is 270 g/mol. The average molecular weight is 285 g/mol. The quantitative estimate of drug-likeness (QED) is 0.791. The third-order valence-electron chi connectivity index (χ3n) is 2.68. The number of rotatable bonds is 4. The summed E-state index contributed by atoms with van der Waals surface area (Å²) in [5.41, 5.74) is 2.42. The zero-order valence-electron chi connectivity index (χ0n) is 11.6. The highest BCUT2D eigenvalue weighted by Crippen LogP contribution is 2.16. The van der Waals surface area contributed by atoms with Gasteiger partial charge in [0.2, 0.25) is 5.91 Å². The van der Waals surface area contributed by atoms with E-state index < -0.39 is 0 Å². The number of aryl methyl sites for hydroxylation is 1. The molecule has 1 amide bonds. The van der Waals surface area contributed by atoms with E-state index in [1.165, 1.54) is 11.0 Å². The Bertz CT molecular complexity index is 670. The van der Waals surface area contributed by atoms with Crippen LogP contribution in [0, 0.1) is 18.8 Å². The van der Waals surface area contributed by atoms with Gasteiger partial charge in [0.15, 0.2) is 0 Å². The molecule has 108 valence electrons. The molecule has 2 N–H and O–H groups in total. The molecule has 0 fully saturated rings. The van der Waals surface area contributed by atoms with Crippen molar-refractivity contribution in [2.75, 3.05) is 11.9 Å². The highest BCUT2D eigenvalue weighted by Gasteiger charge is 2.07. The lowest BCUT2D eigenvalue weighted by atomic mass is 10.1. The van der Waals surface area contributed by atoms with Crippen LogP contribution < -0.4 is 5.32 Å². The Balaban J connectivity index is 2.06. The molecule has 1 aromatic heterocycles. The summed E-state index contributed by atoms with van der Waals surface area (Å²) >= 11 is 0. The lowest BCUT2D eigenvalue weighted by molar-refractivity contribution is -0.116. The standard InChI is InChI=1S/C14H15N5O2/c1-11-5-6-12(4-2-3-7-20)8-13(11)16-14(21)9-19-10-15-17-18-19/h5-6,8,10,20H,3,7,9H2,1H3,(H,16,21). The average Bonchev–Trinajstić information content (AvgIpc) is 2.95. The normalized spacial score (nSPS) is 9.81. The van der Waals surface area contributed by atoms with Crippen LogP contribution in [0.25, 0.3) is 0 Å². The van der Waals surface area contributed by atoms with E-state index in [-0.39, 0.29) is 19.1 Å². The maximum absolute atomic E-state index is 11.9. The fourth-order valence-electron chi connectivity index (χ4n) is 1.64. The highest BCUT2D eigenvalue weighted by atomic mass is 16.2. The number of tetrazole rings is 1. The van der Waals surface area contributed by atoms with E-state index in [0.717, 1.165) is 11.1 Å². The van der Waals surface area contributed by atoms with Gasteiger partial charge in [-0.05, 0) is 35.0 Å². The molecule has 2 rings (SSSR count). The fraction of sp³-hybridized carbons (Fsp3) is 0.286. The van der Waals surface area contributed by atoms with Gasteiger partial charge in [0.1, 0.15) is 12.9 Å². The van der Waals surface area contributed by atoms with Crippen molar-refractivity contribution in [1.82, 2.24) is 20.2 Å². The summed E-state index contributed by atoms with van der Waals surface area (Å²) in [6.45, 7) is 1.98. The van der Waals surface area contributed by atoms with Crippen LogP contribution in [0.4, 0.5) is 5.69 Å². The third-order valence-corrected chi connectivity index (χ3v) is 2.68. The van der Waals surface area contributed by atoms with Crippen LogP contribution in [0.1, 0.15) is 17.5 Å². The van der Waals surface area contributed by atoms with E-state index in [2.05, 4.69) is 32.7 Å². The van der Waals surface area contributed by atoms with Crippen molar-refractivity contribution in [2.24, 2.45) is 0 Å². The Morgan fingerprint density at radius 1 is 1.48 bits per heavy atom. The predicted molar refractivity (Wildman–Crippen MR) is 76.2 cm³/mol. The van der Waals surface area contributed by atoms with Gasteiger partial charge in [-0.2, -0.15) is 0 Å². The van der Waals surface area contributed by atoms with Crippen molar-refractivity contribution >= 4 is 11.6 Å². The number of nitrogens with one attached hydrogen (secondary N) is 1. The predicted octanol–water partition coefficient (Wildman–Crippen LogP) is 0.354. The number of hydrogen-bond acceptors (Lipinski definition) is 5. The van der Waals surface area contributed by atoms with Crippen LogP contribution in [0.15, 0.2) is 24.5 Å². The van der Waals surface area contributed by atoms with E-state index in [9.17, 15) is 4.79 Å². The number of carbonyl (C=O) groups is 1. The number of amides is 1. The van der Waals surface area contributed by atoms with Gasteiger partial charge < -0.3 is 10.4 Å². The number of carbonyl (C=O) groups excluding carboxylic acids is 1. The van der Waals surface area contributed by atoms with E-state index in [0.29, 0.717) is 12.1 Å². The van der Waals surface area contributed by atoms with E-state index >= 15 is 0 Å². The van der Waals surface area contributed by atoms with Crippen molar-refractivity contribution in [3.63, 3.8) is 0 Å². The smallest absolute Gasteiger partial charge is 0.246 e. The molecule has 0 bridgehead atoms. The first-order chi connectivity index (χ1) is 10.2. The van der Waals surface area contributed by atoms with Crippen LogP contribution in [0.5, 0.6) is 0 Å². The maximum atomic E-state index is 11.9. The minimum atomic E-state index is -0.217. The molecule has 1 heterocycles. The number of anilines is 1. The Hall–Kier alpha value is -2.72. The molecule has 0 unspecified atom stereocenters. The summed E-state index contributed by atoms with van der Waals surface area (Å²) in [7, 11) is 0. The Morgan fingerprint density at radius 3 is 3.05 bits per heavy atom. The van der Waals surface area contributed by atoms with E-state index in [1.807, 2.05) is 19.1 Å². The zero-order valence-corrected chi connectivity index (χ0v) is 11.6. The lowest BCUT2D eigenvalue weighted by Crippen LogP contribution is -2.19. The Morgan fingerprint density at radius 2 is 2.33 bits per heavy atom. The van der Waals surface area contributed by atoms with Crippen molar-refractivity contribution < 1.29 is 9.90 Å². The van der Waals surface area contributed by atoms with Crippen molar-refractivity contribution in [3.05, 3.63) is 35.7 Å². The van der Waals surface area contributed by atoms with Gasteiger partial charge >= 0.3 is 0 Å². The summed E-state index contributed by atoms with van der Waals surface area (Å²) in [5.74, 6) is 5.56. The molecule has 7 heteroatoms. The first-order valence-corrected chi connectivity index (χ1v) is 6.40. The first-order valence-electron chi connectivity index (χ1n) is 6.40. The van der Waals surface area contributed by atoms with Crippen LogP contribution in [0.2, 0.25) is 0 Å². The van der Waals surface area contributed by atoms with E-state index in [1.54, 1.807) is 6.07 Å². The van der Waals surface area contributed by atoms with E-state index in [4.69, 9.17) is 5.11 Å². The summed E-state index contributed by atoms with van der Waals surface area (Å²) in [6, 6.07) is 5.56. The maximum Gasteiger partial charge on any atom is 0.246 e. The number of nitrogens with zero attached hydrogens (tertiary/aromatic N) is 4. The van der Waals surface area contributed by atoms with Crippen molar-refractivity contribution in [3.8, 4) is 11.8 Å². The SMILES string of the molecule is Cc1ccc(C#CCCO)cc1NC(=O)Cn1cnnn1. The zero-order chi connectivity index (χ0) is 15.1. The second-order valence-electron chi connectivity index (χ2n) is 4.36. The molecule has 0 saturated carbocycles. The minimum Gasteiger partial charge on any atom is -0.395 e.